The van der Waals surface area contributed by atoms with E-state index in [1.165, 1.54) is 25.9 Å². The second-order valence-corrected chi connectivity index (χ2v) is 6.72. The maximum absolute atomic E-state index is 12.7. The van der Waals surface area contributed by atoms with E-state index in [2.05, 4.69) is 25.4 Å². The lowest BCUT2D eigenvalue weighted by atomic mass is 9.84. The summed E-state index contributed by atoms with van der Waals surface area (Å²) in [5.41, 5.74) is 2.39. The van der Waals surface area contributed by atoms with E-state index in [1.807, 2.05) is 24.4 Å². The van der Waals surface area contributed by atoms with Gasteiger partial charge >= 0.3 is 0 Å². The number of nitrogens with one attached hydrogen (secondary N) is 3. The smallest absolute Gasteiger partial charge is 0.272 e. The van der Waals surface area contributed by atoms with Crippen LogP contribution in [0.5, 0.6) is 0 Å². The minimum Gasteiger partial charge on any atom is -0.359 e. The van der Waals surface area contributed by atoms with Crippen molar-refractivity contribution in [3.63, 3.8) is 0 Å². The van der Waals surface area contributed by atoms with E-state index in [-0.39, 0.29) is 11.9 Å². The maximum Gasteiger partial charge on any atom is 0.272 e. The average Bonchev–Trinajstić information content (AvgIpc) is 3.22. The summed E-state index contributed by atoms with van der Waals surface area (Å²) in [6.07, 6.45) is 4.28. The van der Waals surface area contributed by atoms with Gasteiger partial charge in [0.25, 0.3) is 5.91 Å². The molecule has 0 aliphatic carbocycles. The van der Waals surface area contributed by atoms with Crippen molar-refractivity contribution in [2.45, 2.75) is 18.9 Å². The van der Waals surface area contributed by atoms with Gasteiger partial charge in [-0.05, 0) is 44.0 Å². The largest absolute Gasteiger partial charge is 0.359 e. The first-order valence-corrected chi connectivity index (χ1v) is 8.27. The molecule has 6 nitrogen and oxygen atoms in total. The number of aromatic nitrogens is 3. The lowest BCUT2D eigenvalue weighted by Gasteiger charge is -2.44. The Morgan fingerprint density at radius 2 is 2.09 bits per heavy atom. The topological polar surface area (TPSA) is 76.8 Å². The number of piperidine rings is 3. The van der Waals surface area contributed by atoms with Gasteiger partial charge in [-0.3, -0.25) is 9.89 Å². The van der Waals surface area contributed by atoms with Crippen molar-refractivity contribution in [1.82, 2.24) is 25.4 Å². The Morgan fingerprint density at radius 1 is 1.22 bits per heavy atom. The molecule has 0 radical (unpaired) electrons. The molecule has 2 bridgehead atoms. The zero-order valence-corrected chi connectivity index (χ0v) is 12.8. The van der Waals surface area contributed by atoms with Crippen LogP contribution in [0.3, 0.4) is 0 Å². The van der Waals surface area contributed by atoms with Gasteiger partial charge in [-0.15, -0.1) is 0 Å². The molecule has 1 aromatic carbocycles. The van der Waals surface area contributed by atoms with Crippen molar-refractivity contribution in [3.8, 4) is 0 Å². The van der Waals surface area contributed by atoms with Gasteiger partial charge in [0.1, 0.15) is 0 Å². The highest BCUT2D eigenvalue weighted by molar-refractivity contribution is 6.11. The number of carbonyl (C=O) groups is 1. The Labute approximate surface area is 133 Å². The molecule has 3 aliphatic heterocycles. The number of fused-ring (bicyclic) bond motifs is 6. The van der Waals surface area contributed by atoms with E-state index in [9.17, 15) is 4.79 Å². The molecule has 1 amide bonds. The highest BCUT2D eigenvalue weighted by Gasteiger charge is 2.35. The van der Waals surface area contributed by atoms with Crippen molar-refractivity contribution in [2.75, 3.05) is 19.6 Å². The van der Waals surface area contributed by atoms with Crippen LogP contribution in [-0.4, -0.2) is 51.7 Å². The zero-order chi connectivity index (χ0) is 15.4. The summed E-state index contributed by atoms with van der Waals surface area (Å²) in [4.78, 5) is 18.4. The normalized spacial score (nSPS) is 26.9. The monoisotopic (exact) mass is 309 g/mol. The number of hydrogen-bond acceptors (Lipinski definition) is 3. The van der Waals surface area contributed by atoms with Crippen LogP contribution in [0.2, 0.25) is 0 Å². The lowest BCUT2D eigenvalue weighted by molar-refractivity contribution is 0.0618. The number of amides is 1. The Balaban J connectivity index is 1.47. The number of aromatic amines is 2. The van der Waals surface area contributed by atoms with Crippen LogP contribution < -0.4 is 5.32 Å². The molecule has 6 rings (SSSR count). The van der Waals surface area contributed by atoms with Gasteiger partial charge in [0, 0.05) is 29.6 Å². The van der Waals surface area contributed by atoms with Gasteiger partial charge in [0.2, 0.25) is 0 Å². The summed E-state index contributed by atoms with van der Waals surface area (Å²) in [5.74, 6) is 0.546. The number of hydrogen-bond donors (Lipinski definition) is 3. The average molecular weight is 309 g/mol. The Bertz CT molecular complexity index is 887. The fourth-order valence-corrected chi connectivity index (χ4v) is 4.15. The van der Waals surface area contributed by atoms with Crippen LogP contribution in [0.4, 0.5) is 0 Å². The Morgan fingerprint density at radius 3 is 2.87 bits per heavy atom. The number of rotatable bonds is 2. The molecule has 2 aromatic heterocycles. The fourth-order valence-electron chi connectivity index (χ4n) is 4.15. The van der Waals surface area contributed by atoms with Crippen molar-refractivity contribution < 1.29 is 4.79 Å². The van der Waals surface area contributed by atoms with Crippen LogP contribution >= 0.6 is 0 Å². The first-order valence-electron chi connectivity index (χ1n) is 8.27. The fraction of sp³-hybridized carbons (Fsp3) is 0.412. The van der Waals surface area contributed by atoms with Gasteiger partial charge in [-0.1, -0.05) is 6.07 Å². The van der Waals surface area contributed by atoms with E-state index in [0.717, 1.165) is 28.4 Å². The number of H-pyrrole nitrogens is 2. The Kier molecular flexibility index (Phi) is 2.76. The molecule has 23 heavy (non-hydrogen) atoms. The van der Waals surface area contributed by atoms with Crippen molar-refractivity contribution in [2.24, 2.45) is 5.92 Å². The molecule has 118 valence electrons. The van der Waals surface area contributed by atoms with Crippen LogP contribution in [0.1, 0.15) is 23.3 Å². The zero-order valence-electron chi connectivity index (χ0n) is 12.8. The third kappa shape index (κ3) is 1.98. The van der Waals surface area contributed by atoms with Crippen molar-refractivity contribution in [1.29, 1.82) is 0 Å². The van der Waals surface area contributed by atoms with E-state index < -0.39 is 0 Å². The summed E-state index contributed by atoms with van der Waals surface area (Å²) < 4.78 is 0. The minimum absolute atomic E-state index is 0.0686. The molecular formula is C17H19N5O. The molecule has 3 saturated heterocycles. The third-order valence-electron chi connectivity index (χ3n) is 5.45. The van der Waals surface area contributed by atoms with Crippen molar-refractivity contribution >= 4 is 27.7 Å². The van der Waals surface area contributed by atoms with Crippen LogP contribution in [0, 0.1) is 5.92 Å². The number of carbonyl (C=O) groups excluding carboxylic acids is 1. The second-order valence-electron chi connectivity index (χ2n) is 6.72. The molecule has 3 aliphatic rings. The molecular weight excluding hydrogens is 290 g/mol. The molecule has 5 heterocycles. The van der Waals surface area contributed by atoms with E-state index in [0.29, 0.717) is 11.6 Å². The molecule has 1 atom stereocenters. The first kappa shape index (κ1) is 13.1. The van der Waals surface area contributed by atoms with Crippen LogP contribution in [-0.2, 0) is 0 Å². The van der Waals surface area contributed by atoms with Gasteiger partial charge < -0.3 is 15.2 Å². The summed E-state index contributed by atoms with van der Waals surface area (Å²) in [6, 6.07) is 6.27. The van der Waals surface area contributed by atoms with Gasteiger partial charge in [0.05, 0.1) is 11.0 Å². The van der Waals surface area contributed by atoms with Crippen LogP contribution in [0.25, 0.3) is 21.8 Å². The van der Waals surface area contributed by atoms with Gasteiger partial charge in [-0.25, -0.2) is 0 Å². The highest BCUT2D eigenvalue weighted by Crippen LogP contribution is 2.28. The summed E-state index contributed by atoms with van der Waals surface area (Å²) in [6.45, 7) is 3.32. The molecule has 0 saturated carbocycles. The van der Waals surface area contributed by atoms with Gasteiger partial charge in [-0.2, -0.15) is 5.10 Å². The summed E-state index contributed by atoms with van der Waals surface area (Å²) in [7, 11) is 0. The predicted octanol–water partition coefficient (Wildman–Crippen LogP) is 1.87. The molecule has 3 aromatic rings. The summed E-state index contributed by atoms with van der Waals surface area (Å²) >= 11 is 0. The van der Waals surface area contributed by atoms with Gasteiger partial charge in [0.15, 0.2) is 5.69 Å². The first-order chi connectivity index (χ1) is 11.3. The molecule has 0 spiro atoms. The predicted molar refractivity (Wildman–Crippen MR) is 88.4 cm³/mol. The summed E-state index contributed by atoms with van der Waals surface area (Å²) in [5, 5.41) is 12.5. The second kappa shape index (κ2) is 4.83. The van der Waals surface area contributed by atoms with E-state index >= 15 is 0 Å². The van der Waals surface area contributed by atoms with E-state index in [4.69, 9.17) is 0 Å². The third-order valence-corrected chi connectivity index (χ3v) is 5.45. The van der Waals surface area contributed by atoms with Crippen molar-refractivity contribution in [3.05, 3.63) is 30.1 Å². The minimum atomic E-state index is -0.0686. The SMILES string of the molecule is O=C(N[C@@H]1CN2CCC1CC2)c1n[nH]c2c1ccc1cc[nH]c12. The maximum atomic E-state index is 12.7. The number of nitrogens with zero attached hydrogens (tertiary/aromatic N) is 2. The lowest BCUT2D eigenvalue weighted by Crippen LogP contribution is -2.57. The Hall–Kier alpha value is -2.34. The highest BCUT2D eigenvalue weighted by atomic mass is 16.2. The molecule has 6 heteroatoms. The molecule has 0 unspecified atom stereocenters. The molecule has 3 fully saturated rings. The quantitative estimate of drug-likeness (QED) is 0.676. The van der Waals surface area contributed by atoms with Crippen LogP contribution in [0.15, 0.2) is 24.4 Å². The van der Waals surface area contributed by atoms with E-state index in [1.54, 1.807) is 0 Å². The number of benzene rings is 1. The standard InChI is InChI=1S/C17H19N5O/c23-17(19-13-9-22-7-4-10(13)5-8-22)16-12-2-1-11-3-6-18-14(11)15(12)20-21-16/h1-3,6,10,13,18H,4-5,7-9H2,(H,19,23)(H,20,21)/t13-/m1/s1. The molecule has 3 N–H and O–H groups in total.